The molecular formula is C20H26ClN7O3S. The van der Waals surface area contributed by atoms with Crippen molar-refractivity contribution in [2.24, 2.45) is 0 Å². The summed E-state index contributed by atoms with van der Waals surface area (Å²) in [6, 6.07) is 5.43. The van der Waals surface area contributed by atoms with E-state index in [0.717, 1.165) is 12.8 Å². The first-order valence-electron chi connectivity index (χ1n) is 10.2. The molecule has 0 unspecified atom stereocenters. The van der Waals surface area contributed by atoms with Crippen LogP contribution in [0.25, 0.3) is 11.5 Å². The van der Waals surface area contributed by atoms with Crippen molar-refractivity contribution in [2.45, 2.75) is 51.0 Å². The van der Waals surface area contributed by atoms with Gasteiger partial charge in [0.15, 0.2) is 11.6 Å². The Bertz CT molecular complexity index is 1120. The smallest absolute Gasteiger partial charge is 0.240 e. The lowest BCUT2D eigenvalue weighted by molar-refractivity contribution is 0.0950. The van der Waals surface area contributed by atoms with Gasteiger partial charge in [0, 0.05) is 31.7 Å². The van der Waals surface area contributed by atoms with Gasteiger partial charge in [-0.25, -0.2) is 18.4 Å². The standard InChI is InChI=1S/C20H26ClN7O3S/c1-5-15(6-2)28-19(16-9-7-8-10-22-16)25-26-20(28)27-32(29,30)13(3)17(31-4)18-23-11-14(21)12-24-18/h7-13,15,17H,5-6H2,1-4H3,(H,26,27)/t13-,17-/m0/s1. The molecule has 2 atom stereocenters. The van der Waals surface area contributed by atoms with E-state index in [2.05, 4.69) is 29.9 Å². The predicted octanol–water partition coefficient (Wildman–Crippen LogP) is 3.66. The average molecular weight is 480 g/mol. The van der Waals surface area contributed by atoms with Gasteiger partial charge in [-0.2, -0.15) is 0 Å². The first-order chi connectivity index (χ1) is 15.3. The molecular weight excluding hydrogens is 454 g/mol. The van der Waals surface area contributed by atoms with Gasteiger partial charge in [-0.1, -0.05) is 31.5 Å². The molecule has 12 heteroatoms. The number of sulfonamides is 1. The van der Waals surface area contributed by atoms with Crippen LogP contribution in [0.1, 0.15) is 51.6 Å². The monoisotopic (exact) mass is 479 g/mol. The van der Waals surface area contributed by atoms with Crippen molar-refractivity contribution in [1.29, 1.82) is 0 Å². The van der Waals surface area contributed by atoms with Crippen molar-refractivity contribution >= 4 is 27.6 Å². The number of aromatic nitrogens is 6. The summed E-state index contributed by atoms with van der Waals surface area (Å²) in [5.74, 6) is 0.831. The molecule has 0 amide bonds. The fourth-order valence-corrected chi connectivity index (χ4v) is 4.62. The molecule has 0 aliphatic rings. The Morgan fingerprint density at radius 1 is 1.12 bits per heavy atom. The van der Waals surface area contributed by atoms with Gasteiger partial charge in [0.05, 0.1) is 5.02 Å². The van der Waals surface area contributed by atoms with Crippen LogP contribution in [0, 0.1) is 0 Å². The van der Waals surface area contributed by atoms with E-state index >= 15 is 0 Å². The first-order valence-corrected chi connectivity index (χ1v) is 12.1. The van der Waals surface area contributed by atoms with Gasteiger partial charge in [-0.15, -0.1) is 10.2 Å². The van der Waals surface area contributed by atoms with Gasteiger partial charge in [-0.3, -0.25) is 14.3 Å². The number of halogens is 1. The van der Waals surface area contributed by atoms with Gasteiger partial charge in [0.2, 0.25) is 16.0 Å². The quantitative estimate of drug-likeness (QED) is 0.467. The van der Waals surface area contributed by atoms with Gasteiger partial charge in [0.25, 0.3) is 0 Å². The van der Waals surface area contributed by atoms with Crippen LogP contribution in [-0.2, 0) is 14.8 Å². The van der Waals surface area contributed by atoms with Crippen LogP contribution in [0.4, 0.5) is 5.95 Å². The molecule has 3 rings (SSSR count). The lowest BCUT2D eigenvalue weighted by Crippen LogP contribution is -2.33. The van der Waals surface area contributed by atoms with Crippen molar-refractivity contribution in [3.63, 3.8) is 0 Å². The molecule has 3 aromatic heterocycles. The first kappa shape index (κ1) is 24.0. The van der Waals surface area contributed by atoms with E-state index < -0.39 is 21.4 Å². The molecule has 1 N–H and O–H groups in total. The maximum Gasteiger partial charge on any atom is 0.240 e. The second-order valence-corrected chi connectivity index (χ2v) is 9.64. The number of rotatable bonds is 10. The van der Waals surface area contributed by atoms with Gasteiger partial charge >= 0.3 is 0 Å². The lowest BCUT2D eigenvalue weighted by atomic mass is 10.1. The van der Waals surface area contributed by atoms with Crippen LogP contribution >= 0.6 is 11.6 Å². The summed E-state index contributed by atoms with van der Waals surface area (Å²) in [5.41, 5.74) is 0.606. The summed E-state index contributed by atoms with van der Waals surface area (Å²) in [6.45, 7) is 5.57. The van der Waals surface area contributed by atoms with Crippen LogP contribution in [0.3, 0.4) is 0 Å². The third kappa shape index (κ3) is 5.05. The second-order valence-electron chi connectivity index (χ2n) is 7.17. The van der Waals surface area contributed by atoms with Crippen molar-refractivity contribution in [3.8, 4) is 11.5 Å². The summed E-state index contributed by atoms with van der Waals surface area (Å²) in [7, 11) is -2.55. The normalized spacial score (nSPS) is 13.8. The molecule has 0 saturated carbocycles. The van der Waals surface area contributed by atoms with E-state index in [4.69, 9.17) is 16.3 Å². The summed E-state index contributed by atoms with van der Waals surface area (Å²) in [4.78, 5) is 12.6. The van der Waals surface area contributed by atoms with Crippen molar-refractivity contribution in [2.75, 3.05) is 11.8 Å². The Labute approximate surface area is 192 Å². The lowest BCUT2D eigenvalue weighted by Gasteiger charge is -2.23. The van der Waals surface area contributed by atoms with Crippen LogP contribution in [0.2, 0.25) is 5.02 Å². The fraction of sp³-hybridized carbons (Fsp3) is 0.450. The molecule has 32 heavy (non-hydrogen) atoms. The highest BCUT2D eigenvalue weighted by Crippen LogP contribution is 2.30. The number of ether oxygens (including phenoxy) is 1. The minimum absolute atomic E-state index is 0.0205. The van der Waals surface area contributed by atoms with Crippen molar-refractivity contribution in [1.82, 2.24) is 29.7 Å². The molecule has 0 fully saturated rings. The summed E-state index contributed by atoms with van der Waals surface area (Å²) < 4.78 is 36.3. The fourth-order valence-electron chi connectivity index (χ4n) is 3.39. The molecule has 0 saturated heterocycles. The summed E-state index contributed by atoms with van der Waals surface area (Å²) in [5, 5.41) is 7.69. The van der Waals surface area contributed by atoms with Crippen molar-refractivity contribution in [3.05, 3.63) is 47.6 Å². The summed E-state index contributed by atoms with van der Waals surface area (Å²) in [6.07, 6.45) is 5.06. The molecule has 0 spiro atoms. The van der Waals surface area contributed by atoms with E-state index in [0.29, 0.717) is 16.5 Å². The maximum absolute atomic E-state index is 13.3. The van der Waals surface area contributed by atoms with E-state index in [1.165, 1.54) is 26.4 Å². The Morgan fingerprint density at radius 3 is 2.38 bits per heavy atom. The Kier molecular flexibility index (Phi) is 7.75. The number of methoxy groups -OCH3 is 1. The zero-order chi connectivity index (χ0) is 23.3. The molecule has 3 heterocycles. The highest BCUT2D eigenvalue weighted by molar-refractivity contribution is 7.93. The highest BCUT2D eigenvalue weighted by atomic mass is 35.5. The van der Waals surface area contributed by atoms with Crippen LogP contribution in [0.15, 0.2) is 36.8 Å². The maximum atomic E-state index is 13.3. The minimum atomic E-state index is -3.96. The zero-order valence-corrected chi connectivity index (χ0v) is 19.9. The Balaban J connectivity index is 1.97. The molecule has 0 aliphatic carbocycles. The largest absolute Gasteiger partial charge is 0.372 e. The molecule has 172 valence electrons. The highest BCUT2D eigenvalue weighted by Gasteiger charge is 2.34. The van der Waals surface area contributed by atoms with Crippen LogP contribution in [-0.4, -0.2) is 50.5 Å². The Hall–Kier alpha value is -2.63. The number of hydrogen-bond donors (Lipinski definition) is 1. The third-order valence-electron chi connectivity index (χ3n) is 5.20. The average Bonchev–Trinajstić information content (AvgIpc) is 3.19. The Morgan fingerprint density at radius 2 is 1.81 bits per heavy atom. The molecule has 10 nitrogen and oxygen atoms in total. The number of hydrogen-bond acceptors (Lipinski definition) is 8. The zero-order valence-electron chi connectivity index (χ0n) is 18.3. The molecule has 0 aromatic carbocycles. The number of anilines is 1. The topological polar surface area (TPSA) is 125 Å². The van der Waals surface area contributed by atoms with E-state index in [-0.39, 0.29) is 17.8 Å². The molecule has 3 aromatic rings. The van der Waals surface area contributed by atoms with Gasteiger partial charge < -0.3 is 4.74 Å². The van der Waals surface area contributed by atoms with Crippen LogP contribution < -0.4 is 4.72 Å². The predicted molar refractivity (Wildman–Crippen MR) is 122 cm³/mol. The van der Waals surface area contributed by atoms with E-state index in [1.54, 1.807) is 16.8 Å². The second kappa shape index (κ2) is 10.3. The third-order valence-corrected chi connectivity index (χ3v) is 7.08. The summed E-state index contributed by atoms with van der Waals surface area (Å²) >= 11 is 5.84. The molecule has 0 radical (unpaired) electrons. The minimum Gasteiger partial charge on any atom is -0.372 e. The number of pyridine rings is 1. The van der Waals surface area contributed by atoms with E-state index in [9.17, 15) is 8.42 Å². The molecule has 0 bridgehead atoms. The van der Waals surface area contributed by atoms with Crippen LogP contribution in [0.5, 0.6) is 0 Å². The number of nitrogens with one attached hydrogen (secondary N) is 1. The van der Waals surface area contributed by atoms with Gasteiger partial charge in [-0.05, 0) is 31.9 Å². The molecule has 0 aliphatic heterocycles. The van der Waals surface area contributed by atoms with Crippen molar-refractivity contribution < 1.29 is 13.2 Å². The SMILES string of the molecule is CCC(CC)n1c(NS(=O)(=O)[C@@H](C)[C@H](OC)c2ncc(Cl)cn2)nnc1-c1ccccn1. The van der Waals surface area contributed by atoms with E-state index in [1.807, 2.05) is 26.0 Å². The van der Waals surface area contributed by atoms with Gasteiger partial charge in [0.1, 0.15) is 17.0 Å². The number of nitrogens with zero attached hydrogens (tertiary/aromatic N) is 6.